The fourth-order valence-corrected chi connectivity index (χ4v) is 1.07. The molecule has 1 aliphatic carbocycles. The molecule has 0 saturated heterocycles. The molecule has 1 unspecified atom stereocenters. The van der Waals surface area contributed by atoms with E-state index in [1.807, 2.05) is 0 Å². The Hall–Kier alpha value is -0.670. The van der Waals surface area contributed by atoms with E-state index in [2.05, 4.69) is 0 Å². The predicted molar refractivity (Wildman–Crippen MR) is 31.8 cm³/mol. The maximum Gasteiger partial charge on any atom is 0.268 e. The lowest BCUT2D eigenvalue weighted by atomic mass is 9.87. The van der Waals surface area contributed by atoms with Gasteiger partial charge in [0, 0.05) is 13.5 Å². The lowest BCUT2D eigenvalue weighted by Gasteiger charge is -2.40. The van der Waals surface area contributed by atoms with Gasteiger partial charge in [-0.15, -0.1) is 0 Å². The van der Waals surface area contributed by atoms with Crippen LogP contribution in [0.25, 0.3) is 0 Å². The van der Waals surface area contributed by atoms with Gasteiger partial charge in [0.1, 0.15) is 0 Å². The summed E-state index contributed by atoms with van der Waals surface area (Å²) in [6.07, 6.45) is 0.774. The molecule has 1 rings (SSSR count). The van der Waals surface area contributed by atoms with E-state index in [4.69, 9.17) is 0 Å². The van der Waals surface area contributed by atoms with Crippen molar-refractivity contribution in [3.05, 3.63) is 0 Å². The molecule has 1 amide bonds. The molecule has 10 heavy (non-hydrogen) atoms. The molecule has 0 aromatic heterocycles. The minimum absolute atomic E-state index is 0.0875. The van der Waals surface area contributed by atoms with Crippen LogP contribution in [0.1, 0.15) is 12.8 Å². The van der Waals surface area contributed by atoms with Gasteiger partial charge in [0.2, 0.25) is 6.41 Å². The summed E-state index contributed by atoms with van der Waals surface area (Å²) in [5, 5.41) is 0. The van der Waals surface area contributed by atoms with Crippen LogP contribution in [0.5, 0.6) is 0 Å². The molecule has 1 saturated carbocycles. The summed E-state index contributed by atoms with van der Waals surface area (Å²) in [7, 11) is 1.38. The standard InChI is InChI=1S/C6H9F2NO/c1-9(4-10)5-2-3-6(5,7)8/h4-5H,2-3H2,1H3. The maximum absolute atomic E-state index is 12.4. The largest absolute Gasteiger partial charge is 0.339 e. The van der Waals surface area contributed by atoms with Crippen molar-refractivity contribution in [3.8, 4) is 0 Å². The summed E-state index contributed by atoms with van der Waals surface area (Å²) in [4.78, 5) is 11.1. The molecule has 0 radical (unpaired) electrons. The lowest BCUT2D eigenvalue weighted by molar-refractivity contribution is -0.155. The highest BCUT2D eigenvalue weighted by Gasteiger charge is 2.50. The predicted octanol–water partition coefficient (Wildman–Crippen LogP) is 0.872. The fraction of sp³-hybridized carbons (Fsp3) is 0.833. The van der Waals surface area contributed by atoms with Gasteiger partial charge in [-0.3, -0.25) is 4.79 Å². The van der Waals surface area contributed by atoms with Gasteiger partial charge in [0.05, 0.1) is 6.04 Å². The van der Waals surface area contributed by atoms with E-state index in [1.54, 1.807) is 0 Å². The van der Waals surface area contributed by atoms with Gasteiger partial charge in [-0.05, 0) is 6.42 Å². The molecule has 1 atom stereocenters. The van der Waals surface area contributed by atoms with Crippen LogP contribution in [0.15, 0.2) is 0 Å². The SMILES string of the molecule is CN(C=O)C1CCC1(F)F. The third-order valence-electron chi connectivity index (χ3n) is 1.90. The summed E-state index contributed by atoms with van der Waals surface area (Å²) in [6, 6.07) is -0.856. The minimum Gasteiger partial charge on any atom is -0.339 e. The Bertz CT molecular complexity index is 149. The van der Waals surface area contributed by atoms with Crippen LogP contribution in [-0.4, -0.2) is 30.3 Å². The van der Waals surface area contributed by atoms with Crippen LogP contribution >= 0.6 is 0 Å². The van der Waals surface area contributed by atoms with Crippen molar-refractivity contribution in [2.24, 2.45) is 0 Å². The number of alkyl halides is 2. The van der Waals surface area contributed by atoms with Gasteiger partial charge in [0.15, 0.2) is 0 Å². The van der Waals surface area contributed by atoms with Gasteiger partial charge < -0.3 is 4.90 Å². The Balaban J connectivity index is 2.50. The molecule has 0 N–H and O–H groups in total. The van der Waals surface area contributed by atoms with Crippen LogP contribution in [0.3, 0.4) is 0 Å². The number of carbonyl (C=O) groups is 1. The van der Waals surface area contributed by atoms with E-state index in [9.17, 15) is 13.6 Å². The number of hydrogen-bond acceptors (Lipinski definition) is 1. The first kappa shape index (κ1) is 7.44. The normalized spacial score (nSPS) is 28.9. The number of rotatable bonds is 2. The Kier molecular flexibility index (Phi) is 1.62. The summed E-state index contributed by atoms with van der Waals surface area (Å²) < 4.78 is 24.9. The Morgan fingerprint density at radius 3 is 2.40 bits per heavy atom. The molecule has 2 nitrogen and oxygen atoms in total. The van der Waals surface area contributed by atoms with Gasteiger partial charge in [-0.2, -0.15) is 0 Å². The summed E-state index contributed by atoms with van der Waals surface area (Å²) >= 11 is 0. The molecule has 1 aliphatic rings. The van der Waals surface area contributed by atoms with Crippen molar-refractivity contribution in [2.75, 3.05) is 7.05 Å². The van der Waals surface area contributed by atoms with Crippen molar-refractivity contribution in [2.45, 2.75) is 24.8 Å². The van der Waals surface area contributed by atoms with Crippen LogP contribution in [0, 0.1) is 0 Å². The van der Waals surface area contributed by atoms with Gasteiger partial charge in [-0.1, -0.05) is 0 Å². The van der Waals surface area contributed by atoms with Crippen molar-refractivity contribution >= 4 is 6.41 Å². The zero-order valence-electron chi connectivity index (χ0n) is 5.68. The molecule has 0 heterocycles. The number of nitrogens with zero attached hydrogens (tertiary/aromatic N) is 1. The molecule has 0 aliphatic heterocycles. The molecule has 0 spiro atoms. The summed E-state index contributed by atoms with van der Waals surface area (Å²) in [5.74, 6) is -2.64. The second-order valence-electron chi connectivity index (χ2n) is 2.59. The van der Waals surface area contributed by atoms with Crippen LogP contribution in [-0.2, 0) is 4.79 Å². The highest BCUT2D eigenvalue weighted by molar-refractivity contribution is 5.47. The average Bonchev–Trinajstić information content (AvgIpc) is 1.86. The van der Waals surface area contributed by atoms with Gasteiger partial charge in [-0.25, -0.2) is 8.78 Å². The quantitative estimate of drug-likeness (QED) is 0.533. The van der Waals surface area contributed by atoms with E-state index in [-0.39, 0.29) is 6.42 Å². The number of halogens is 2. The number of amides is 1. The molecule has 0 aromatic rings. The minimum atomic E-state index is -2.64. The van der Waals surface area contributed by atoms with Crippen LogP contribution in [0.2, 0.25) is 0 Å². The van der Waals surface area contributed by atoms with Crippen molar-refractivity contribution in [1.82, 2.24) is 4.90 Å². The Labute approximate surface area is 57.8 Å². The molecule has 0 aromatic carbocycles. The Morgan fingerprint density at radius 2 is 2.30 bits per heavy atom. The number of hydrogen-bond donors (Lipinski definition) is 0. The first-order valence-corrected chi connectivity index (χ1v) is 3.13. The van der Waals surface area contributed by atoms with E-state index >= 15 is 0 Å². The maximum atomic E-state index is 12.4. The van der Waals surface area contributed by atoms with Crippen molar-refractivity contribution in [1.29, 1.82) is 0 Å². The van der Waals surface area contributed by atoms with Crippen LogP contribution < -0.4 is 0 Å². The first-order valence-electron chi connectivity index (χ1n) is 3.13. The smallest absolute Gasteiger partial charge is 0.268 e. The highest BCUT2D eigenvalue weighted by Crippen LogP contribution is 2.39. The molecule has 0 bridgehead atoms. The highest BCUT2D eigenvalue weighted by atomic mass is 19.3. The van der Waals surface area contributed by atoms with Gasteiger partial charge in [0.25, 0.3) is 5.92 Å². The molecule has 4 heteroatoms. The van der Waals surface area contributed by atoms with Crippen LogP contribution in [0.4, 0.5) is 8.78 Å². The summed E-state index contributed by atoms with van der Waals surface area (Å²) in [6.45, 7) is 0. The van der Waals surface area contributed by atoms with Crippen molar-refractivity contribution < 1.29 is 13.6 Å². The number of carbonyl (C=O) groups excluding carboxylic acids is 1. The van der Waals surface area contributed by atoms with Gasteiger partial charge >= 0.3 is 0 Å². The Morgan fingerprint density at radius 1 is 1.70 bits per heavy atom. The zero-order valence-corrected chi connectivity index (χ0v) is 5.68. The van der Waals surface area contributed by atoms with E-state index in [1.165, 1.54) is 7.05 Å². The second kappa shape index (κ2) is 2.18. The lowest BCUT2D eigenvalue weighted by Crippen LogP contribution is -2.53. The topological polar surface area (TPSA) is 20.3 Å². The summed E-state index contributed by atoms with van der Waals surface area (Å²) in [5.41, 5.74) is 0. The molecule has 58 valence electrons. The third kappa shape index (κ3) is 0.978. The van der Waals surface area contributed by atoms with E-state index in [0.717, 1.165) is 4.90 Å². The first-order chi connectivity index (χ1) is 4.58. The monoisotopic (exact) mass is 149 g/mol. The van der Waals surface area contributed by atoms with E-state index < -0.39 is 12.0 Å². The van der Waals surface area contributed by atoms with Crippen molar-refractivity contribution in [3.63, 3.8) is 0 Å². The molecular weight excluding hydrogens is 140 g/mol. The van der Waals surface area contributed by atoms with E-state index in [0.29, 0.717) is 12.8 Å². The second-order valence-corrected chi connectivity index (χ2v) is 2.59. The third-order valence-corrected chi connectivity index (χ3v) is 1.90. The fourth-order valence-electron chi connectivity index (χ4n) is 1.07. The average molecular weight is 149 g/mol. The molecule has 1 fully saturated rings. The zero-order chi connectivity index (χ0) is 7.78. The molecular formula is C6H9F2NO.